The van der Waals surface area contributed by atoms with Crippen LogP contribution in [0.1, 0.15) is 36.0 Å². The molecule has 1 amide bonds. The highest BCUT2D eigenvalue weighted by molar-refractivity contribution is 9.10. The van der Waals surface area contributed by atoms with E-state index in [4.69, 9.17) is 0 Å². The van der Waals surface area contributed by atoms with E-state index in [-0.39, 0.29) is 11.7 Å². The molecule has 0 bridgehead atoms. The number of nitrogens with one attached hydrogen (secondary N) is 1. The van der Waals surface area contributed by atoms with E-state index >= 15 is 0 Å². The van der Waals surface area contributed by atoms with Crippen molar-refractivity contribution in [1.82, 2.24) is 10.2 Å². The Bertz CT molecular complexity index is 475. The van der Waals surface area contributed by atoms with Gasteiger partial charge in [0.05, 0.1) is 5.56 Å². The zero-order valence-electron chi connectivity index (χ0n) is 11.7. The predicted molar refractivity (Wildman–Crippen MR) is 81.3 cm³/mol. The van der Waals surface area contributed by atoms with Crippen molar-refractivity contribution in [3.8, 4) is 0 Å². The van der Waals surface area contributed by atoms with Gasteiger partial charge in [0, 0.05) is 23.6 Å². The Balaban J connectivity index is 1.80. The lowest BCUT2D eigenvalue weighted by molar-refractivity contribution is 0.0946. The SMILES string of the molecule is CN(CCNC(=O)c1ccc(F)cc1Br)C1CCCC1. The van der Waals surface area contributed by atoms with Gasteiger partial charge >= 0.3 is 0 Å². The van der Waals surface area contributed by atoms with E-state index in [2.05, 4.69) is 33.2 Å². The summed E-state index contributed by atoms with van der Waals surface area (Å²) in [4.78, 5) is 14.3. The fraction of sp³-hybridized carbons (Fsp3) is 0.533. The first kappa shape index (κ1) is 15.4. The first-order valence-electron chi connectivity index (χ1n) is 7.01. The maximum atomic E-state index is 13.0. The maximum absolute atomic E-state index is 13.0. The van der Waals surface area contributed by atoms with Gasteiger partial charge in [0.25, 0.3) is 5.91 Å². The van der Waals surface area contributed by atoms with Gasteiger partial charge in [-0.1, -0.05) is 12.8 Å². The van der Waals surface area contributed by atoms with Crippen molar-refractivity contribution < 1.29 is 9.18 Å². The summed E-state index contributed by atoms with van der Waals surface area (Å²) < 4.78 is 13.5. The first-order chi connectivity index (χ1) is 9.58. The van der Waals surface area contributed by atoms with Gasteiger partial charge < -0.3 is 10.2 Å². The third-order valence-electron chi connectivity index (χ3n) is 3.87. The average Bonchev–Trinajstić information content (AvgIpc) is 2.92. The number of carbonyl (C=O) groups is 1. The highest BCUT2D eigenvalue weighted by atomic mass is 79.9. The van der Waals surface area contributed by atoms with Gasteiger partial charge in [0.2, 0.25) is 0 Å². The Hall–Kier alpha value is -0.940. The van der Waals surface area contributed by atoms with Crippen LogP contribution in [0.25, 0.3) is 0 Å². The Morgan fingerprint density at radius 3 is 2.80 bits per heavy atom. The van der Waals surface area contributed by atoms with Gasteiger partial charge in [-0.3, -0.25) is 4.79 Å². The molecule has 5 heteroatoms. The lowest BCUT2D eigenvalue weighted by Crippen LogP contribution is -2.37. The third kappa shape index (κ3) is 4.03. The Morgan fingerprint density at radius 1 is 1.45 bits per heavy atom. The van der Waals surface area contributed by atoms with Crippen LogP contribution in [-0.4, -0.2) is 37.0 Å². The van der Waals surface area contributed by atoms with Crippen LogP contribution >= 0.6 is 15.9 Å². The van der Waals surface area contributed by atoms with Crippen LogP contribution in [0.4, 0.5) is 4.39 Å². The van der Waals surface area contributed by atoms with Gasteiger partial charge in [0.15, 0.2) is 0 Å². The first-order valence-corrected chi connectivity index (χ1v) is 7.80. The summed E-state index contributed by atoms with van der Waals surface area (Å²) in [7, 11) is 2.11. The Labute approximate surface area is 127 Å². The minimum Gasteiger partial charge on any atom is -0.351 e. The zero-order valence-corrected chi connectivity index (χ0v) is 13.2. The average molecular weight is 343 g/mol. The molecule has 1 aromatic carbocycles. The van der Waals surface area contributed by atoms with Crippen molar-refractivity contribution in [1.29, 1.82) is 0 Å². The van der Waals surface area contributed by atoms with Crippen molar-refractivity contribution in [2.24, 2.45) is 0 Å². The van der Waals surface area contributed by atoms with E-state index in [1.54, 1.807) is 0 Å². The summed E-state index contributed by atoms with van der Waals surface area (Å²) in [5.41, 5.74) is 0.468. The third-order valence-corrected chi connectivity index (χ3v) is 4.53. The minimum atomic E-state index is -0.352. The van der Waals surface area contributed by atoms with E-state index in [0.717, 1.165) is 6.54 Å². The highest BCUT2D eigenvalue weighted by Gasteiger charge is 2.19. The lowest BCUT2D eigenvalue weighted by atomic mass is 10.2. The number of hydrogen-bond acceptors (Lipinski definition) is 2. The number of likely N-dealkylation sites (N-methyl/N-ethyl adjacent to an activating group) is 1. The topological polar surface area (TPSA) is 32.3 Å². The summed E-state index contributed by atoms with van der Waals surface area (Å²) in [5.74, 6) is -0.522. The van der Waals surface area contributed by atoms with Crippen molar-refractivity contribution >= 4 is 21.8 Å². The normalized spacial score (nSPS) is 15.8. The highest BCUT2D eigenvalue weighted by Crippen LogP contribution is 2.22. The molecule has 1 aliphatic rings. The number of amides is 1. The second-order valence-corrected chi connectivity index (χ2v) is 6.15. The summed E-state index contributed by atoms with van der Waals surface area (Å²) in [6.45, 7) is 1.45. The number of hydrogen-bond donors (Lipinski definition) is 1. The minimum absolute atomic E-state index is 0.170. The molecule has 0 spiro atoms. The van der Waals surface area contributed by atoms with Gasteiger partial charge in [-0.05, 0) is 54.0 Å². The van der Waals surface area contributed by atoms with Crippen LogP contribution in [0.15, 0.2) is 22.7 Å². The van der Waals surface area contributed by atoms with Crippen molar-refractivity contribution in [2.45, 2.75) is 31.7 Å². The molecule has 2 rings (SSSR count). The van der Waals surface area contributed by atoms with E-state index < -0.39 is 0 Å². The molecule has 1 aliphatic carbocycles. The van der Waals surface area contributed by atoms with Crippen LogP contribution < -0.4 is 5.32 Å². The molecular formula is C15H20BrFN2O. The predicted octanol–water partition coefficient (Wildman–Crippen LogP) is 3.19. The molecule has 1 fully saturated rings. The number of benzene rings is 1. The van der Waals surface area contributed by atoms with Crippen LogP contribution in [0.3, 0.4) is 0 Å². The number of rotatable bonds is 5. The maximum Gasteiger partial charge on any atom is 0.252 e. The summed E-state index contributed by atoms with van der Waals surface area (Å²) in [6.07, 6.45) is 5.13. The molecule has 0 aliphatic heterocycles. The number of nitrogens with zero attached hydrogens (tertiary/aromatic N) is 1. The standard InChI is InChI=1S/C15H20BrFN2O/c1-19(12-4-2-3-5-12)9-8-18-15(20)13-7-6-11(17)10-14(13)16/h6-7,10,12H,2-5,8-9H2,1H3,(H,18,20). The van der Waals surface area contributed by atoms with Crippen LogP contribution in [-0.2, 0) is 0 Å². The quantitative estimate of drug-likeness (QED) is 0.891. The van der Waals surface area contributed by atoms with E-state index in [1.807, 2.05) is 0 Å². The zero-order chi connectivity index (χ0) is 14.5. The molecule has 0 heterocycles. The molecule has 0 unspecified atom stereocenters. The molecular weight excluding hydrogens is 323 g/mol. The molecule has 0 saturated heterocycles. The monoisotopic (exact) mass is 342 g/mol. The van der Waals surface area contributed by atoms with E-state index in [9.17, 15) is 9.18 Å². The second-order valence-electron chi connectivity index (χ2n) is 5.30. The summed E-state index contributed by atoms with van der Waals surface area (Å²) in [6, 6.07) is 4.75. The smallest absolute Gasteiger partial charge is 0.252 e. The van der Waals surface area contributed by atoms with Gasteiger partial charge in [0.1, 0.15) is 5.82 Å². The van der Waals surface area contributed by atoms with E-state index in [0.29, 0.717) is 22.6 Å². The molecule has 0 aromatic heterocycles. The van der Waals surface area contributed by atoms with Crippen molar-refractivity contribution in [3.63, 3.8) is 0 Å². The molecule has 0 atom stereocenters. The molecule has 1 aromatic rings. The van der Waals surface area contributed by atoms with Crippen LogP contribution in [0, 0.1) is 5.82 Å². The second kappa shape index (κ2) is 7.18. The summed E-state index contributed by atoms with van der Waals surface area (Å²) >= 11 is 3.21. The van der Waals surface area contributed by atoms with E-state index in [1.165, 1.54) is 43.9 Å². The molecule has 1 N–H and O–H groups in total. The fourth-order valence-electron chi connectivity index (χ4n) is 2.64. The molecule has 110 valence electrons. The fourth-order valence-corrected chi connectivity index (χ4v) is 3.17. The number of carbonyl (C=O) groups excluding carboxylic acids is 1. The van der Waals surface area contributed by atoms with Crippen molar-refractivity contribution in [3.05, 3.63) is 34.1 Å². The van der Waals surface area contributed by atoms with Crippen LogP contribution in [0.5, 0.6) is 0 Å². The number of halogens is 2. The van der Waals surface area contributed by atoms with Crippen LogP contribution in [0.2, 0.25) is 0 Å². The molecule has 20 heavy (non-hydrogen) atoms. The molecule has 1 saturated carbocycles. The molecule has 0 radical (unpaired) electrons. The van der Waals surface area contributed by atoms with Gasteiger partial charge in [-0.15, -0.1) is 0 Å². The summed E-state index contributed by atoms with van der Waals surface area (Å²) in [5, 5.41) is 2.88. The van der Waals surface area contributed by atoms with Crippen molar-refractivity contribution in [2.75, 3.05) is 20.1 Å². The van der Waals surface area contributed by atoms with Gasteiger partial charge in [-0.2, -0.15) is 0 Å². The van der Waals surface area contributed by atoms with Gasteiger partial charge in [-0.25, -0.2) is 4.39 Å². The largest absolute Gasteiger partial charge is 0.351 e. The Kier molecular flexibility index (Phi) is 5.54. The Morgan fingerprint density at radius 2 is 2.15 bits per heavy atom. The molecule has 3 nitrogen and oxygen atoms in total. The lowest BCUT2D eigenvalue weighted by Gasteiger charge is -2.23.